The van der Waals surface area contributed by atoms with Crippen LogP contribution in [0.1, 0.15) is 28.7 Å². The first-order chi connectivity index (χ1) is 15.9. The first-order valence-electron chi connectivity index (χ1n) is 10.7. The van der Waals surface area contributed by atoms with Crippen LogP contribution in [0.5, 0.6) is 0 Å². The lowest BCUT2D eigenvalue weighted by atomic mass is 10.2. The van der Waals surface area contributed by atoms with Crippen molar-refractivity contribution in [1.29, 1.82) is 0 Å². The van der Waals surface area contributed by atoms with Crippen molar-refractivity contribution in [3.63, 3.8) is 0 Å². The van der Waals surface area contributed by atoms with Crippen molar-refractivity contribution in [2.45, 2.75) is 26.3 Å². The van der Waals surface area contributed by atoms with Crippen LogP contribution in [0.3, 0.4) is 0 Å². The second-order valence-corrected chi connectivity index (χ2v) is 9.17. The minimum Gasteiger partial charge on any atom is -0.351 e. The fourth-order valence-corrected chi connectivity index (χ4v) is 4.85. The third kappa shape index (κ3) is 3.94. The van der Waals surface area contributed by atoms with E-state index >= 15 is 0 Å². The van der Waals surface area contributed by atoms with Gasteiger partial charge in [-0.15, -0.1) is 11.3 Å². The molecule has 0 radical (unpaired) electrons. The molecule has 10 nitrogen and oxygen atoms in total. The van der Waals surface area contributed by atoms with Gasteiger partial charge in [-0.3, -0.25) is 4.68 Å². The summed E-state index contributed by atoms with van der Waals surface area (Å²) in [6.45, 7) is 5.67. The SMILES string of the molecule is Cc1nc(C2CC=NN2C(=O)N2CCN(c3nc(-c4c(C)cnn4C)ncc3F)CC2)cs1. The summed E-state index contributed by atoms with van der Waals surface area (Å²) in [5.41, 5.74) is 2.53. The van der Waals surface area contributed by atoms with Crippen LogP contribution in [0.15, 0.2) is 22.9 Å². The van der Waals surface area contributed by atoms with E-state index < -0.39 is 5.82 Å². The Labute approximate surface area is 194 Å². The maximum Gasteiger partial charge on any atom is 0.341 e. The number of hydrogen-bond donors (Lipinski definition) is 0. The summed E-state index contributed by atoms with van der Waals surface area (Å²) in [7, 11) is 1.81. The predicted octanol–water partition coefficient (Wildman–Crippen LogP) is 2.76. The zero-order valence-electron chi connectivity index (χ0n) is 18.6. The molecule has 0 bridgehead atoms. The van der Waals surface area contributed by atoms with Crippen LogP contribution >= 0.6 is 11.3 Å². The maximum atomic E-state index is 14.6. The zero-order chi connectivity index (χ0) is 23.1. The lowest BCUT2D eigenvalue weighted by Crippen LogP contribution is -2.52. The summed E-state index contributed by atoms with van der Waals surface area (Å²) in [6, 6.07) is -0.335. The number of nitrogens with zero attached hydrogens (tertiary/aromatic N) is 9. The van der Waals surface area contributed by atoms with E-state index in [0.29, 0.717) is 38.4 Å². The maximum absolute atomic E-state index is 14.6. The Morgan fingerprint density at radius 1 is 1.15 bits per heavy atom. The molecule has 0 N–H and O–H groups in total. The van der Waals surface area contributed by atoms with Crippen molar-refractivity contribution >= 4 is 29.4 Å². The molecule has 0 aliphatic carbocycles. The molecular formula is C21H24FN9OS. The molecule has 1 fully saturated rings. The van der Waals surface area contributed by atoms with Crippen LogP contribution in [0, 0.1) is 19.7 Å². The lowest BCUT2D eigenvalue weighted by molar-refractivity contribution is 0.138. The van der Waals surface area contributed by atoms with Gasteiger partial charge in [0.05, 0.1) is 23.1 Å². The molecule has 0 saturated carbocycles. The highest BCUT2D eigenvalue weighted by Gasteiger charge is 2.34. The first-order valence-corrected chi connectivity index (χ1v) is 11.6. The van der Waals surface area contributed by atoms with E-state index in [9.17, 15) is 9.18 Å². The fourth-order valence-electron chi connectivity index (χ4n) is 4.19. The summed E-state index contributed by atoms with van der Waals surface area (Å²) in [6.07, 6.45) is 5.33. The first kappa shape index (κ1) is 21.4. The molecule has 33 heavy (non-hydrogen) atoms. The monoisotopic (exact) mass is 469 g/mol. The van der Waals surface area contributed by atoms with Gasteiger partial charge in [-0.25, -0.2) is 29.1 Å². The second-order valence-electron chi connectivity index (χ2n) is 8.11. The molecule has 5 rings (SSSR count). The Balaban J connectivity index is 1.29. The van der Waals surface area contributed by atoms with E-state index in [1.807, 2.05) is 24.1 Å². The molecule has 2 amide bonds. The topological polar surface area (TPSA) is 95.6 Å². The summed E-state index contributed by atoms with van der Waals surface area (Å²) in [5, 5.41) is 13.0. The quantitative estimate of drug-likeness (QED) is 0.585. The Bertz CT molecular complexity index is 1190. The molecule has 172 valence electrons. The van der Waals surface area contributed by atoms with Crippen LogP contribution in [-0.4, -0.2) is 73.1 Å². The van der Waals surface area contributed by atoms with E-state index in [-0.39, 0.29) is 17.9 Å². The number of thiazole rings is 1. The molecule has 0 spiro atoms. The number of carbonyl (C=O) groups excluding carboxylic acids is 1. The molecule has 1 unspecified atom stereocenters. The number of piperazine rings is 1. The van der Waals surface area contributed by atoms with Gasteiger partial charge in [0, 0.05) is 51.2 Å². The number of carbonyl (C=O) groups is 1. The van der Waals surface area contributed by atoms with Gasteiger partial charge in [0.1, 0.15) is 11.7 Å². The molecule has 5 heterocycles. The molecule has 0 aromatic carbocycles. The molecule has 3 aromatic rings. The number of hydrazone groups is 1. The van der Waals surface area contributed by atoms with Crippen LogP contribution < -0.4 is 4.90 Å². The lowest BCUT2D eigenvalue weighted by Gasteiger charge is -2.37. The van der Waals surface area contributed by atoms with Crippen molar-refractivity contribution in [2.75, 3.05) is 31.1 Å². The smallest absolute Gasteiger partial charge is 0.341 e. The molecule has 2 aliphatic heterocycles. The average Bonchev–Trinajstić information content (AvgIpc) is 3.54. The predicted molar refractivity (Wildman–Crippen MR) is 123 cm³/mol. The second kappa shape index (κ2) is 8.50. The van der Waals surface area contributed by atoms with E-state index in [1.165, 1.54) is 11.2 Å². The minimum absolute atomic E-state index is 0.159. The number of aromatic nitrogens is 5. The Kier molecular flexibility index (Phi) is 5.52. The summed E-state index contributed by atoms with van der Waals surface area (Å²) >= 11 is 1.56. The standard InChI is InChI=1S/C21H24FN9OS/c1-13-10-25-28(3)18(13)19-23-11-15(22)20(27-19)29-6-8-30(9-7-29)21(32)31-17(4-5-24-31)16-12-33-14(2)26-16/h5,10-12,17H,4,6-9H2,1-3H3. The van der Waals surface area contributed by atoms with Crippen molar-refractivity contribution in [1.82, 2.24) is 34.6 Å². The fraction of sp³-hybridized carbons (Fsp3) is 0.429. The molecule has 3 aromatic heterocycles. The van der Waals surface area contributed by atoms with Gasteiger partial charge in [0.2, 0.25) is 0 Å². The van der Waals surface area contributed by atoms with Crippen LogP contribution in [0.25, 0.3) is 11.5 Å². The van der Waals surface area contributed by atoms with Gasteiger partial charge in [0.15, 0.2) is 17.5 Å². The Hall–Kier alpha value is -3.41. The van der Waals surface area contributed by atoms with Crippen LogP contribution in [-0.2, 0) is 7.05 Å². The number of aryl methyl sites for hydroxylation is 3. The average molecular weight is 470 g/mol. The molecule has 1 saturated heterocycles. The zero-order valence-corrected chi connectivity index (χ0v) is 19.5. The summed E-state index contributed by atoms with van der Waals surface area (Å²) < 4.78 is 16.3. The van der Waals surface area contributed by atoms with E-state index in [2.05, 4.69) is 25.2 Å². The van der Waals surface area contributed by atoms with Gasteiger partial charge in [-0.1, -0.05) is 0 Å². The minimum atomic E-state index is -0.485. The number of amides is 2. The third-order valence-electron chi connectivity index (χ3n) is 5.91. The molecule has 12 heteroatoms. The number of rotatable bonds is 3. The van der Waals surface area contributed by atoms with Crippen LogP contribution in [0.4, 0.5) is 15.0 Å². The third-order valence-corrected chi connectivity index (χ3v) is 6.70. The van der Waals surface area contributed by atoms with Crippen molar-refractivity contribution in [3.8, 4) is 11.5 Å². The molecule has 2 aliphatic rings. The Morgan fingerprint density at radius 2 is 1.94 bits per heavy atom. The normalized spacial score (nSPS) is 18.4. The summed E-state index contributed by atoms with van der Waals surface area (Å²) in [4.78, 5) is 30.0. The van der Waals surface area contributed by atoms with Gasteiger partial charge in [0.25, 0.3) is 0 Å². The van der Waals surface area contributed by atoms with E-state index in [4.69, 9.17) is 0 Å². The van der Waals surface area contributed by atoms with Gasteiger partial charge in [-0.05, 0) is 19.4 Å². The van der Waals surface area contributed by atoms with Crippen molar-refractivity contribution in [3.05, 3.63) is 39.9 Å². The van der Waals surface area contributed by atoms with E-state index in [1.54, 1.807) is 40.4 Å². The van der Waals surface area contributed by atoms with Gasteiger partial charge >= 0.3 is 6.03 Å². The van der Waals surface area contributed by atoms with E-state index in [0.717, 1.165) is 22.0 Å². The number of halogens is 1. The highest BCUT2D eigenvalue weighted by atomic mass is 32.1. The number of anilines is 1. The largest absolute Gasteiger partial charge is 0.351 e. The number of hydrogen-bond acceptors (Lipinski definition) is 8. The Morgan fingerprint density at radius 3 is 2.61 bits per heavy atom. The highest BCUT2D eigenvalue weighted by Crippen LogP contribution is 2.30. The van der Waals surface area contributed by atoms with Gasteiger partial charge in [-0.2, -0.15) is 10.2 Å². The van der Waals surface area contributed by atoms with Crippen molar-refractivity contribution in [2.24, 2.45) is 12.1 Å². The van der Waals surface area contributed by atoms with Crippen LogP contribution in [0.2, 0.25) is 0 Å². The molecular weight excluding hydrogens is 445 g/mol. The van der Waals surface area contributed by atoms with Gasteiger partial charge < -0.3 is 9.80 Å². The van der Waals surface area contributed by atoms with Crippen molar-refractivity contribution < 1.29 is 9.18 Å². The highest BCUT2D eigenvalue weighted by molar-refractivity contribution is 7.09. The number of urea groups is 1. The summed E-state index contributed by atoms with van der Waals surface area (Å²) in [5.74, 6) is 0.180. The molecule has 1 atom stereocenters.